The molecule has 1 aromatic heterocycles. The van der Waals surface area contributed by atoms with Gasteiger partial charge in [0.25, 0.3) is 0 Å². The minimum atomic E-state index is -3.59. The summed E-state index contributed by atoms with van der Waals surface area (Å²) in [7, 11) is -1.90. The van der Waals surface area contributed by atoms with Gasteiger partial charge in [-0.1, -0.05) is 0 Å². The first kappa shape index (κ1) is 13.1. The van der Waals surface area contributed by atoms with E-state index < -0.39 is 16.1 Å². The Morgan fingerprint density at radius 1 is 1.50 bits per heavy atom. The van der Waals surface area contributed by atoms with Crippen LogP contribution in [0.5, 0.6) is 0 Å². The van der Waals surface area contributed by atoms with E-state index in [2.05, 4.69) is 9.82 Å². The summed E-state index contributed by atoms with van der Waals surface area (Å²) >= 11 is 0. The Balaban J connectivity index is 3.08. The number of rotatable bonds is 4. The fourth-order valence-electron chi connectivity index (χ4n) is 1.45. The van der Waals surface area contributed by atoms with E-state index >= 15 is 0 Å². The lowest BCUT2D eigenvalue weighted by Crippen LogP contribution is -2.31. The number of sulfonamides is 1. The molecule has 1 heterocycles. The number of nitrogens with one attached hydrogen (secondary N) is 1. The van der Waals surface area contributed by atoms with Crippen molar-refractivity contribution >= 4 is 10.0 Å². The lowest BCUT2D eigenvalue weighted by atomic mass is 10.4. The molecule has 0 aliphatic carbocycles. The molecule has 7 heteroatoms. The number of aliphatic hydroxyl groups is 1. The topological polar surface area (TPSA) is 84.2 Å². The van der Waals surface area contributed by atoms with Crippen LogP contribution in [0.2, 0.25) is 0 Å². The maximum Gasteiger partial charge on any atom is 0.244 e. The Labute approximate surface area is 95.3 Å². The number of aryl methyl sites for hydroxylation is 2. The summed E-state index contributed by atoms with van der Waals surface area (Å²) in [6.45, 7) is 4.85. The summed E-state index contributed by atoms with van der Waals surface area (Å²) in [5.41, 5.74) is 1.04. The molecule has 2 N–H and O–H groups in total. The zero-order chi connectivity index (χ0) is 12.5. The van der Waals surface area contributed by atoms with E-state index in [0.717, 1.165) is 0 Å². The zero-order valence-electron chi connectivity index (χ0n) is 9.85. The summed E-state index contributed by atoms with van der Waals surface area (Å²) in [6.07, 6.45) is -0.716. The van der Waals surface area contributed by atoms with Crippen LogP contribution in [-0.2, 0) is 17.1 Å². The SMILES string of the molecule is Cc1nn(C)c(C)c1S(=O)(=O)NC[C@H](C)O. The second kappa shape index (κ2) is 4.52. The van der Waals surface area contributed by atoms with E-state index in [-0.39, 0.29) is 11.4 Å². The number of aliphatic hydroxyl groups excluding tert-OH is 1. The molecule has 0 saturated heterocycles. The lowest BCUT2D eigenvalue weighted by molar-refractivity contribution is 0.198. The maximum absolute atomic E-state index is 11.9. The summed E-state index contributed by atoms with van der Waals surface area (Å²) in [5, 5.41) is 13.1. The van der Waals surface area contributed by atoms with Gasteiger partial charge >= 0.3 is 0 Å². The molecule has 0 saturated carbocycles. The smallest absolute Gasteiger partial charge is 0.244 e. The van der Waals surface area contributed by atoms with Gasteiger partial charge in [-0.2, -0.15) is 5.10 Å². The Bertz CT molecular complexity index is 476. The van der Waals surface area contributed by atoms with Gasteiger partial charge in [0, 0.05) is 13.6 Å². The first-order valence-electron chi connectivity index (χ1n) is 4.93. The largest absolute Gasteiger partial charge is 0.392 e. The molecule has 1 aromatic rings. The predicted octanol–water partition coefficient (Wildman–Crippen LogP) is -0.304. The molecule has 0 aliphatic heterocycles. The molecular weight excluding hydrogens is 230 g/mol. The first-order chi connectivity index (χ1) is 7.25. The van der Waals surface area contributed by atoms with Crippen LogP contribution >= 0.6 is 0 Å². The second-order valence-electron chi connectivity index (χ2n) is 3.82. The van der Waals surface area contributed by atoms with E-state index in [0.29, 0.717) is 11.4 Å². The van der Waals surface area contributed by atoms with Gasteiger partial charge in [0.15, 0.2) is 0 Å². The monoisotopic (exact) mass is 247 g/mol. The van der Waals surface area contributed by atoms with E-state index in [1.807, 2.05) is 0 Å². The Kier molecular flexibility index (Phi) is 3.72. The van der Waals surface area contributed by atoms with Crippen molar-refractivity contribution in [2.24, 2.45) is 7.05 Å². The minimum Gasteiger partial charge on any atom is -0.392 e. The fraction of sp³-hybridized carbons (Fsp3) is 0.667. The summed E-state index contributed by atoms with van der Waals surface area (Å²) in [6, 6.07) is 0. The number of hydrogen-bond donors (Lipinski definition) is 2. The van der Waals surface area contributed by atoms with Crippen LogP contribution in [0.25, 0.3) is 0 Å². The number of hydrogen-bond acceptors (Lipinski definition) is 4. The lowest BCUT2D eigenvalue weighted by Gasteiger charge is -2.08. The average Bonchev–Trinajstić information content (AvgIpc) is 2.38. The van der Waals surface area contributed by atoms with Crippen LogP contribution in [0.4, 0.5) is 0 Å². The van der Waals surface area contributed by atoms with Crippen LogP contribution in [0.1, 0.15) is 18.3 Å². The molecule has 1 rings (SSSR count). The first-order valence-corrected chi connectivity index (χ1v) is 6.42. The van der Waals surface area contributed by atoms with E-state index in [9.17, 15) is 8.42 Å². The summed E-state index contributed by atoms with van der Waals surface area (Å²) in [4.78, 5) is 0.190. The Hall–Kier alpha value is -0.920. The second-order valence-corrected chi connectivity index (χ2v) is 5.53. The average molecular weight is 247 g/mol. The van der Waals surface area contributed by atoms with Gasteiger partial charge in [0.1, 0.15) is 4.90 Å². The highest BCUT2D eigenvalue weighted by atomic mass is 32.2. The van der Waals surface area contributed by atoms with Crippen LogP contribution in [0.15, 0.2) is 4.90 Å². The normalized spacial score (nSPS) is 14.1. The van der Waals surface area contributed by atoms with Gasteiger partial charge in [0.2, 0.25) is 10.0 Å². The molecule has 0 unspecified atom stereocenters. The summed E-state index contributed by atoms with van der Waals surface area (Å²) < 4.78 is 27.7. The van der Waals surface area contributed by atoms with Crippen molar-refractivity contribution in [3.8, 4) is 0 Å². The van der Waals surface area contributed by atoms with Crippen molar-refractivity contribution in [3.63, 3.8) is 0 Å². The van der Waals surface area contributed by atoms with Crippen molar-refractivity contribution < 1.29 is 13.5 Å². The Morgan fingerprint density at radius 3 is 2.44 bits per heavy atom. The third-order valence-corrected chi connectivity index (χ3v) is 3.96. The molecule has 16 heavy (non-hydrogen) atoms. The molecule has 92 valence electrons. The van der Waals surface area contributed by atoms with Crippen LogP contribution < -0.4 is 4.72 Å². The van der Waals surface area contributed by atoms with Crippen molar-refractivity contribution in [2.45, 2.75) is 31.8 Å². The number of nitrogens with zero attached hydrogens (tertiary/aromatic N) is 2. The molecule has 0 aliphatic rings. The number of aromatic nitrogens is 2. The van der Waals surface area contributed by atoms with Gasteiger partial charge < -0.3 is 5.11 Å². The molecule has 0 amide bonds. The molecular formula is C9H17N3O3S. The molecule has 0 radical (unpaired) electrons. The molecule has 0 bridgehead atoms. The maximum atomic E-state index is 11.9. The molecule has 0 aromatic carbocycles. The van der Waals surface area contributed by atoms with Gasteiger partial charge in [-0.3, -0.25) is 4.68 Å². The molecule has 0 spiro atoms. The zero-order valence-corrected chi connectivity index (χ0v) is 10.7. The standard InChI is InChI=1S/C9H17N3O3S/c1-6(13)5-10-16(14,15)9-7(2)11-12(4)8(9)3/h6,10,13H,5H2,1-4H3/t6-/m0/s1. The van der Waals surface area contributed by atoms with Gasteiger partial charge in [-0.25, -0.2) is 13.1 Å². The quantitative estimate of drug-likeness (QED) is 0.765. The minimum absolute atomic E-state index is 0.00386. The highest BCUT2D eigenvalue weighted by Crippen LogP contribution is 2.17. The Morgan fingerprint density at radius 2 is 2.06 bits per heavy atom. The van der Waals surface area contributed by atoms with E-state index in [4.69, 9.17) is 5.11 Å². The van der Waals surface area contributed by atoms with Crippen LogP contribution in [0.3, 0.4) is 0 Å². The molecule has 1 atom stereocenters. The van der Waals surface area contributed by atoms with Crippen LogP contribution in [0, 0.1) is 13.8 Å². The van der Waals surface area contributed by atoms with Gasteiger partial charge in [-0.05, 0) is 20.8 Å². The third kappa shape index (κ3) is 2.60. The van der Waals surface area contributed by atoms with Crippen molar-refractivity contribution in [2.75, 3.05) is 6.54 Å². The van der Waals surface area contributed by atoms with Crippen molar-refractivity contribution in [1.82, 2.24) is 14.5 Å². The van der Waals surface area contributed by atoms with Crippen LogP contribution in [-0.4, -0.2) is 36.0 Å². The summed E-state index contributed by atoms with van der Waals surface area (Å²) in [5.74, 6) is 0. The highest BCUT2D eigenvalue weighted by Gasteiger charge is 2.23. The van der Waals surface area contributed by atoms with E-state index in [1.165, 1.54) is 11.6 Å². The fourth-order valence-corrected chi connectivity index (χ4v) is 3.00. The molecule has 6 nitrogen and oxygen atoms in total. The predicted molar refractivity (Wildman–Crippen MR) is 59.6 cm³/mol. The van der Waals surface area contributed by atoms with Gasteiger partial charge in [-0.15, -0.1) is 0 Å². The van der Waals surface area contributed by atoms with Crippen molar-refractivity contribution in [1.29, 1.82) is 0 Å². The molecule has 0 fully saturated rings. The third-order valence-electron chi connectivity index (χ3n) is 2.28. The highest BCUT2D eigenvalue weighted by molar-refractivity contribution is 7.89. The van der Waals surface area contributed by atoms with Gasteiger partial charge in [0.05, 0.1) is 17.5 Å². The van der Waals surface area contributed by atoms with E-state index in [1.54, 1.807) is 20.9 Å². The van der Waals surface area contributed by atoms with Crippen molar-refractivity contribution in [3.05, 3.63) is 11.4 Å².